The van der Waals surface area contributed by atoms with Crippen molar-refractivity contribution in [2.24, 2.45) is 5.92 Å². The second kappa shape index (κ2) is 13.1. The summed E-state index contributed by atoms with van der Waals surface area (Å²) in [4.78, 5) is 59.8. The van der Waals surface area contributed by atoms with E-state index in [0.717, 1.165) is 49.8 Å². The molecule has 222 valence electrons. The van der Waals surface area contributed by atoms with Crippen molar-refractivity contribution >= 4 is 34.4 Å². The Morgan fingerprint density at radius 2 is 1.73 bits per heavy atom. The maximum atomic E-state index is 13.7. The molecule has 1 aromatic carbocycles. The Morgan fingerprint density at radius 3 is 2.44 bits per heavy atom. The predicted octanol–water partition coefficient (Wildman–Crippen LogP) is 3.45. The first-order chi connectivity index (χ1) is 19.9. The highest BCUT2D eigenvalue weighted by molar-refractivity contribution is 6.45. The van der Waals surface area contributed by atoms with Gasteiger partial charge in [-0.25, -0.2) is 0 Å². The van der Waals surface area contributed by atoms with Gasteiger partial charge in [0.25, 0.3) is 11.7 Å². The Bertz CT molecular complexity index is 1250. The molecule has 0 radical (unpaired) electrons. The van der Waals surface area contributed by atoms with E-state index in [9.17, 15) is 19.2 Å². The summed E-state index contributed by atoms with van der Waals surface area (Å²) in [6.45, 7) is 0.978. The zero-order chi connectivity index (χ0) is 28.8. The van der Waals surface area contributed by atoms with Crippen molar-refractivity contribution in [1.29, 1.82) is 0 Å². The third-order valence-corrected chi connectivity index (χ3v) is 9.16. The molecule has 3 amide bonds. The number of fused-ring (bicyclic) bond motifs is 1. The van der Waals surface area contributed by atoms with Crippen LogP contribution in [0.2, 0.25) is 0 Å². The number of aromatic nitrogens is 1. The van der Waals surface area contributed by atoms with Crippen LogP contribution in [0.5, 0.6) is 5.75 Å². The van der Waals surface area contributed by atoms with Gasteiger partial charge in [-0.15, -0.1) is 0 Å². The number of methoxy groups -OCH3 is 1. The van der Waals surface area contributed by atoms with Crippen molar-refractivity contribution in [3.8, 4) is 5.75 Å². The Kier molecular flexibility index (Phi) is 9.27. The molecule has 10 nitrogen and oxygen atoms in total. The lowest BCUT2D eigenvalue weighted by atomic mass is 9.67. The molecule has 1 aromatic heterocycles. The van der Waals surface area contributed by atoms with Crippen molar-refractivity contribution < 1.29 is 28.7 Å². The number of ketones is 1. The number of ether oxygens (including phenoxy) is 2. The number of benzene rings is 1. The van der Waals surface area contributed by atoms with Gasteiger partial charge in [0.05, 0.1) is 25.9 Å². The van der Waals surface area contributed by atoms with Gasteiger partial charge in [-0.3, -0.25) is 19.2 Å². The van der Waals surface area contributed by atoms with Gasteiger partial charge in [-0.2, -0.15) is 0 Å². The van der Waals surface area contributed by atoms with Crippen molar-refractivity contribution in [1.82, 2.24) is 20.1 Å². The van der Waals surface area contributed by atoms with Crippen molar-refractivity contribution in [3.05, 3.63) is 30.0 Å². The quantitative estimate of drug-likeness (QED) is 0.354. The molecule has 2 heterocycles. The van der Waals surface area contributed by atoms with Crippen LogP contribution in [0.1, 0.15) is 74.6 Å². The van der Waals surface area contributed by atoms with Gasteiger partial charge >= 0.3 is 0 Å². The zero-order valence-corrected chi connectivity index (χ0v) is 24.0. The number of Topliss-reactive ketones (excluding diaryl/α,β-unsaturated/α-hetero) is 1. The minimum Gasteiger partial charge on any atom is -0.497 e. The number of carbonyl (C=O) groups is 4. The van der Waals surface area contributed by atoms with Gasteiger partial charge in [0.1, 0.15) is 18.8 Å². The third kappa shape index (κ3) is 6.58. The Hall–Kier alpha value is -3.40. The summed E-state index contributed by atoms with van der Waals surface area (Å²) in [5.41, 5.74) is 0.572. The normalized spacial score (nSPS) is 19.5. The van der Waals surface area contributed by atoms with Crippen molar-refractivity contribution in [2.45, 2.75) is 69.7 Å². The second-order valence-electron chi connectivity index (χ2n) is 11.7. The molecule has 2 N–H and O–H groups in total. The number of rotatable bonds is 9. The minimum atomic E-state index is -0.867. The summed E-state index contributed by atoms with van der Waals surface area (Å²) in [6.07, 6.45) is 12.4. The Balaban J connectivity index is 1.36. The molecule has 10 heteroatoms. The van der Waals surface area contributed by atoms with E-state index in [2.05, 4.69) is 10.3 Å². The van der Waals surface area contributed by atoms with E-state index in [0.29, 0.717) is 48.9 Å². The molecule has 1 aliphatic heterocycles. The number of hydrogen-bond donors (Lipinski definition) is 2. The number of nitrogens with one attached hydrogen (secondary N) is 2. The Labute approximate surface area is 241 Å². The molecule has 0 atom stereocenters. The van der Waals surface area contributed by atoms with E-state index < -0.39 is 11.7 Å². The first-order valence-corrected chi connectivity index (χ1v) is 15.1. The van der Waals surface area contributed by atoms with Crippen LogP contribution in [0, 0.1) is 5.92 Å². The molecular weight excluding hydrogens is 524 g/mol. The highest BCUT2D eigenvalue weighted by atomic mass is 16.5. The molecule has 0 bridgehead atoms. The molecule has 2 aliphatic carbocycles. The lowest BCUT2D eigenvalue weighted by molar-refractivity contribution is -0.143. The van der Waals surface area contributed by atoms with Gasteiger partial charge in [0, 0.05) is 41.8 Å². The monoisotopic (exact) mass is 566 g/mol. The fourth-order valence-electron chi connectivity index (χ4n) is 6.92. The average molecular weight is 567 g/mol. The van der Waals surface area contributed by atoms with Gasteiger partial charge in [0.15, 0.2) is 0 Å². The van der Waals surface area contributed by atoms with Crippen LogP contribution in [-0.2, 0) is 19.1 Å². The SMILES string of the molecule is COc1ccc2c(C(=O)C(=O)N(CC(=O)NC3(C4CCCCC4)CCCCC3)CC(=O)N3CCOCC3)c[nH]c2c1. The molecule has 0 spiro atoms. The summed E-state index contributed by atoms with van der Waals surface area (Å²) >= 11 is 0. The molecule has 41 heavy (non-hydrogen) atoms. The van der Waals surface area contributed by atoms with Crippen LogP contribution >= 0.6 is 0 Å². The van der Waals surface area contributed by atoms with Crippen LogP contribution in [0.3, 0.4) is 0 Å². The summed E-state index contributed by atoms with van der Waals surface area (Å²) in [7, 11) is 1.56. The number of nitrogens with zero attached hydrogens (tertiary/aromatic N) is 2. The number of hydrogen-bond acceptors (Lipinski definition) is 6. The van der Waals surface area contributed by atoms with Crippen molar-refractivity contribution in [3.63, 3.8) is 0 Å². The van der Waals surface area contributed by atoms with Gasteiger partial charge in [-0.05, 0) is 43.7 Å². The fourth-order valence-corrected chi connectivity index (χ4v) is 6.92. The van der Waals surface area contributed by atoms with Gasteiger partial charge < -0.3 is 29.6 Å². The Morgan fingerprint density at radius 1 is 1.02 bits per heavy atom. The third-order valence-electron chi connectivity index (χ3n) is 9.16. The highest BCUT2D eigenvalue weighted by Gasteiger charge is 2.42. The fraction of sp³-hybridized carbons (Fsp3) is 0.613. The number of H-pyrrole nitrogens is 1. The number of aromatic amines is 1. The maximum absolute atomic E-state index is 13.7. The standard InChI is InChI=1S/C31H42N4O6/c1-40-23-10-11-24-25(19-32-26(24)18-23)29(38)30(39)35(21-28(37)34-14-16-41-17-15-34)20-27(36)33-31(12-6-3-7-13-31)22-8-4-2-5-9-22/h10-11,18-19,22,32H,2-9,12-17,20-21H2,1H3,(H,33,36). The molecule has 2 aromatic rings. The van der Waals surface area contributed by atoms with Gasteiger partial charge in [0.2, 0.25) is 11.8 Å². The molecule has 0 unspecified atom stereocenters. The molecule has 2 saturated carbocycles. The summed E-state index contributed by atoms with van der Waals surface area (Å²) in [5.74, 6) is -1.20. The average Bonchev–Trinajstić information content (AvgIpc) is 3.44. The number of morpholine rings is 1. The number of carbonyl (C=O) groups excluding carboxylic acids is 4. The van der Waals surface area contributed by atoms with E-state index in [4.69, 9.17) is 9.47 Å². The van der Waals surface area contributed by atoms with E-state index in [1.807, 2.05) is 0 Å². The highest BCUT2D eigenvalue weighted by Crippen LogP contribution is 2.41. The van der Waals surface area contributed by atoms with E-state index in [1.54, 1.807) is 30.2 Å². The minimum absolute atomic E-state index is 0.197. The van der Waals surface area contributed by atoms with Crippen LogP contribution in [0.4, 0.5) is 0 Å². The smallest absolute Gasteiger partial charge is 0.295 e. The lowest BCUT2D eigenvalue weighted by Crippen LogP contribution is -2.58. The van der Waals surface area contributed by atoms with Crippen LogP contribution in [0.15, 0.2) is 24.4 Å². The summed E-state index contributed by atoms with van der Waals surface area (Å²) < 4.78 is 10.6. The largest absolute Gasteiger partial charge is 0.497 e. The molecule has 5 rings (SSSR count). The summed E-state index contributed by atoms with van der Waals surface area (Å²) in [5, 5.41) is 3.92. The van der Waals surface area contributed by atoms with Crippen LogP contribution < -0.4 is 10.1 Å². The van der Waals surface area contributed by atoms with Gasteiger partial charge in [-0.1, -0.05) is 38.5 Å². The van der Waals surface area contributed by atoms with Crippen molar-refractivity contribution in [2.75, 3.05) is 46.5 Å². The van der Waals surface area contributed by atoms with Crippen LogP contribution in [-0.4, -0.2) is 90.3 Å². The first-order valence-electron chi connectivity index (χ1n) is 15.1. The topological polar surface area (TPSA) is 121 Å². The second-order valence-corrected chi connectivity index (χ2v) is 11.7. The lowest BCUT2D eigenvalue weighted by Gasteiger charge is -2.46. The summed E-state index contributed by atoms with van der Waals surface area (Å²) in [6, 6.07) is 5.19. The van der Waals surface area contributed by atoms with E-state index in [-0.39, 0.29) is 36.0 Å². The maximum Gasteiger partial charge on any atom is 0.295 e. The molecule has 3 fully saturated rings. The zero-order valence-electron chi connectivity index (χ0n) is 24.0. The van der Waals surface area contributed by atoms with E-state index >= 15 is 0 Å². The van der Waals surface area contributed by atoms with Crippen LogP contribution in [0.25, 0.3) is 10.9 Å². The first kappa shape index (κ1) is 29.1. The molecule has 1 saturated heterocycles. The number of amides is 3. The predicted molar refractivity (Wildman–Crippen MR) is 154 cm³/mol. The van der Waals surface area contributed by atoms with E-state index in [1.165, 1.54) is 25.5 Å². The molecule has 3 aliphatic rings. The molecular formula is C31H42N4O6.